The molecule has 0 N–H and O–H groups in total. The Morgan fingerprint density at radius 1 is 0.710 bits per heavy atom. The zero-order valence-electron chi connectivity index (χ0n) is 17.6. The molecule has 2 amide bonds. The Morgan fingerprint density at radius 2 is 1.06 bits per heavy atom. The number of rotatable bonds is 6. The van der Waals surface area contributed by atoms with Gasteiger partial charge in [-0.3, -0.25) is 9.59 Å². The molecule has 2 aromatic carbocycles. The lowest BCUT2D eigenvalue weighted by atomic mass is 10.3. The van der Waals surface area contributed by atoms with Crippen LogP contribution in [-0.2, 0) is 9.59 Å². The van der Waals surface area contributed by atoms with Crippen LogP contribution < -0.4 is 9.47 Å². The Kier molecular flexibility index (Phi) is 8.04. The first-order valence-corrected chi connectivity index (χ1v) is 11.0. The molecule has 2 unspecified atom stereocenters. The summed E-state index contributed by atoms with van der Waals surface area (Å²) < 4.78 is 11.5. The molecule has 6 nitrogen and oxygen atoms in total. The summed E-state index contributed by atoms with van der Waals surface area (Å²) in [4.78, 5) is 29.2. The second-order valence-corrected chi connectivity index (χ2v) is 8.30. The number of amides is 2. The second-order valence-electron chi connectivity index (χ2n) is 7.43. The van der Waals surface area contributed by atoms with E-state index in [0.29, 0.717) is 54.1 Å². The van der Waals surface area contributed by atoms with Gasteiger partial charge in [0.2, 0.25) is 0 Å². The number of carbonyl (C=O) groups is 2. The lowest BCUT2D eigenvalue weighted by Crippen LogP contribution is -2.45. The third kappa shape index (κ3) is 6.52. The number of ether oxygens (including phenoxy) is 2. The fraction of sp³-hybridized carbons (Fsp3) is 0.391. The zero-order valence-corrected chi connectivity index (χ0v) is 19.1. The summed E-state index contributed by atoms with van der Waals surface area (Å²) in [5.41, 5.74) is 0. The summed E-state index contributed by atoms with van der Waals surface area (Å²) >= 11 is 11.8. The van der Waals surface area contributed by atoms with E-state index < -0.39 is 12.2 Å². The molecule has 1 aliphatic heterocycles. The maximum absolute atomic E-state index is 12.8. The van der Waals surface area contributed by atoms with E-state index in [2.05, 4.69) is 0 Å². The van der Waals surface area contributed by atoms with Crippen molar-refractivity contribution in [2.24, 2.45) is 0 Å². The van der Waals surface area contributed by atoms with Gasteiger partial charge in [0.25, 0.3) is 11.8 Å². The minimum Gasteiger partial charge on any atom is -0.481 e. The monoisotopic (exact) mass is 464 g/mol. The SMILES string of the molecule is CC(Oc1ccc(Cl)cc1)C(=O)N1CCCN(C(=O)C(C)Oc2ccc(Cl)cc2)CC1. The molecule has 8 heteroatoms. The second kappa shape index (κ2) is 10.7. The molecule has 166 valence electrons. The standard InChI is InChI=1S/C23H26Cl2N2O4/c1-16(30-20-8-4-18(24)5-9-20)22(28)26-12-3-13-27(15-14-26)23(29)17(2)31-21-10-6-19(25)7-11-21/h4-11,16-17H,3,12-15H2,1-2H3. The Labute approximate surface area is 192 Å². The summed E-state index contributed by atoms with van der Waals surface area (Å²) in [6.07, 6.45) is -0.565. The Morgan fingerprint density at radius 3 is 1.42 bits per heavy atom. The van der Waals surface area contributed by atoms with Crippen molar-refractivity contribution in [3.63, 3.8) is 0 Å². The van der Waals surface area contributed by atoms with Crippen molar-refractivity contribution in [3.8, 4) is 11.5 Å². The maximum Gasteiger partial charge on any atom is 0.263 e. The smallest absolute Gasteiger partial charge is 0.263 e. The molecule has 0 bridgehead atoms. The average molecular weight is 465 g/mol. The molecule has 3 rings (SSSR count). The summed E-state index contributed by atoms with van der Waals surface area (Å²) in [6.45, 7) is 5.51. The van der Waals surface area contributed by atoms with Gasteiger partial charge < -0.3 is 19.3 Å². The first-order valence-electron chi connectivity index (χ1n) is 10.3. The van der Waals surface area contributed by atoms with E-state index in [1.165, 1.54) is 0 Å². The Hall–Kier alpha value is -2.44. The minimum absolute atomic E-state index is 0.102. The van der Waals surface area contributed by atoms with E-state index in [0.717, 1.165) is 0 Å². The molecule has 0 aromatic heterocycles. The lowest BCUT2D eigenvalue weighted by Gasteiger charge is -2.26. The van der Waals surface area contributed by atoms with Crippen molar-refractivity contribution < 1.29 is 19.1 Å². The predicted octanol–water partition coefficient (Wildman–Crippen LogP) is 4.29. The molecule has 0 spiro atoms. The van der Waals surface area contributed by atoms with Gasteiger partial charge in [-0.15, -0.1) is 0 Å². The average Bonchev–Trinajstić information content (AvgIpc) is 3.02. The number of benzene rings is 2. The molecule has 0 radical (unpaired) electrons. The first kappa shape index (κ1) is 23.2. The van der Waals surface area contributed by atoms with Gasteiger partial charge in [0, 0.05) is 36.2 Å². The van der Waals surface area contributed by atoms with Gasteiger partial charge in [-0.25, -0.2) is 0 Å². The molecule has 0 aliphatic carbocycles. The topological polar surface area (TPSA) is 59.1 Å². The fourth-order valence-corrected chi connectivity index (χ4v) is 3.66. The highest BCUT2D eigenvalue weighted by Crippen LogP contribution is 2.19. The molecular formula is C23H26Cl2N2O4. The van der Waals surface area contributed by atoms with Gasteiger partial charge in [-0.2, -0.15) is 0 Å². The third-order valence-corrected chi connectivity index (χ3v) is 5.57. The van der Waals surface area contributed by atoms with Gasteiger partial charge in [0.1, 0.15) is 11.5 Å². The number of carbonyl (C=O) groups excluding carboxylic acids is 2. The number of hydrogen-bond donors (Lipinski definition) is 0. The quantitative estimate of drug-likeness (QED) is 0.639. The van der Waals surface area contributed by atoms with Gasteiger partial charge in [-0.05, 0) is 68.8 Å². The largest absolute Gasteiger partial charge is 0.481 e. The van der Waals surface area contributed by atoms with Crippen molar-refractivity contribution in [1.29, 1.82) is 0 Å². The molecule has 0 saturated carbocycles. The van der Waals surface area contributed by atoms with E-state index in [4.69, 9.17) is 32.7 Å². The van der Waals surface area contributed by atoms with Crippen LogP contribution >= 0.6 is 23.2 Å². The molecule has 2 aromatic rings. The molecule has 1 fully saturated rings. The highest BCUT2D eigenvalue weighted by atomic mass is 35.5. The molecular weight excluding hydrogens is 439 g/mol. The van der Waals surface area contributed by atoms with E-state index in [9.17, 15) is 9.59 Å². The summed E-state index contributed by atoms with van der Waals surface area (Å²) in [5.74, 6) is 0.972. The van der Waals surface area contributed by atoms with Crippen LogP contribution in [0.5, 0.6) is 11.5 Å². The van der Waals surface area contributed by atoms with Crippen LogP contribution in [0.1, 0.15) is 20.3 Å². The van der Waals surface area contributed by atoms with Crippen LogP contribution in [-0.4, -0.2) is 60.0 Å². The molecule has 1 heterocycles. The Balaban J connectivity index is 1.52. The van der Waals surface area contributed by atoms with Crippen molar-refractivity contribution in [2.75, 3.05) is 26.2 Å². The van der Waals surface area contributed by atoms with Crippen LogP contribution in [0.3, 0.4) is 0 Å². The highest BCUT2D eigenvalue weighted by molar-refractivity contribution is 6.30. The maximum atomic E-state index is 12.8. The number of halogens is 2. The van der Waals surface area contributed by atoms with Crippen LogP contribution in [0.4, 0.5) is 0 Å². The van der Waals surface area contributed by atoms with Gasteiger partial charge in [0.15, 0.2) is 12.2 Å². The zero-order chi connectivity index (χ0) is 22.4. The number of hydrogen-bond acceptors (Lipinski definition) is 4. The van der Waals surface area contributed by atoms with Gasteiger partial charge >= 0.3 is 0 Å². The van der Waals surface area contributed by atoms with Crippen LogP contribution in [0, 0.1) is 0 Å². The molecule has 1 aliphatic rings. The van der Waals surface area contributed by atoms with Crippen molar-refractivity contribution in [1.82, 2.24) is 9.80 Å². The molecule has 1 saturated heterocycles. The van der Waals surface area contributed by atoms with Gasteiger partial charge in [0.05, 0.1) is 0 Å². The van der Waals surface area contributed by atoms with E-state index in [1.54, 1.807) is 72.2 Å². The van der Waals surface area contributed by atoms with E-state index in [-0.39, 0.29) is 11.8 Å². The summed E-state index contributed by atoms with van der Waals surface area (Å²) in [6, 6.07) is 13.8. The summed E-state index contributed by atoms with van der Waals surface area (Å²) in [7, 11) is 0. The van der Waals surface area contributed by atoms with Crippen LogP contribution in [0.2, 0.25) is 10.0 Å². The molecule has 2 atom stereocenters. The normalized spacial score (nSPS) is 16.3. The van der Waals surface area contributed by atoms with Crippen molar-refractivity contribution in [3.05, 3.63) is 58.6 Å². The highest BCUT2D eigenvalue weighted by Gasteiger charge is 2.28. The Bertz CT molecular complexity index is 816. The lowest BCUT2D eigenvalue weighted by molar-refractivity contribution is -0.140. The third-order valence-electron chi connectivity index (χ3n) is 5.07. The van der Waals surface area contributed by atoms with Crippen molar-refractivity contribution in [2.45, 2.75) is 32.5 Å². The first-order chi connectivity index (χ1) is 14.8. The van der Waals surface area contributed by atoms with E-state index in [1.807, 2.05) is 0 Å². The van der Waals surface area contributed by atoms with Crippen LogP contribution in [0.25, 0.3) is 0 Å². The molecule has 31 heavy (non-hydrogen) atoms. The van der Waals surface area contributed by atoms with Crippen LogP contribution in [0.15, 0.2) is 48.5 Å². The van der Waals surface area contributed by atoms with Gasteiger partial charge in [-0.1, -0.05) is 23.2 Å². The summed E-state index contributed by atoms with van der Waals surface area (Å²) in [5, 5.41) is 1.22. The van der Waals surface area contributed by atoms with E-state index >= 15 is 0 Å². The fourth-order valence-electron chi connectivity index (χ4n) is 3.41. The minimum atomic E-state index is -0.629. The van der Waals surface area contributed by atoms with Crippen molar-refractivity contribution >= 4 is 35.0 Å². The number of nitrogens with zero attached hydrogens (tertiary/aromatic N) is 2. The predicted molar refractivity (Wildman–Crippen MR) is 121 cm³/mol.